The molecule has 0 aromatic heterocycles. The number of anilines is 2. The van der Waals surface area contributed by atoms with E-state index in [9.17, 15) is 14.4 Å². The van der Waals surface area contributed by atoms with Gasteiger partial charge >= 0.3 is 5.97 Å². The molecule has 2 aromatic carbocycles. The molecule has 0 atom stereocenters. The van der Waals surface area contributed by atoms with Crippen molar-refractivity contribution in [2.24, 2.45) is 0 Å². The Morgan fingerprint density at radius 2 is 1.76 bits per heavy atom. The molecular weight excluding hydrogens is 558 g/mol. The van der Waals surface area contributed by atoms with Crippen molar-refractivity contribution in [2.75, 3.05) is 50.1 Å². The Bertz CT molecular complexity index is 1070. The lowest BCUT2D eigenvalue weighted by atomic mass is 10.1. The van der Waals surface area contributed by atoms with Crippen LogP contribution in [0.1, 0.15) is 34.6 Å². The second-order valence-electron chi connectivity index (χ2n) is 7.37. The minimum Gasteiger partial charge on any atom is -0.495 e. The average Bonchev–Trinajstić information content (AvgIpc) is 2.78. The Labute approximate surface area is 209 Å². The normalized spacial score (nSPS) is 13.5. The summed E-state index contributed by atoms with van der Waals surface area (Å²) in [5.41, 5.74) is 1.89. The summed E-state index contributed by atoms with van der Waals surface area (Å²) in [6.07, 6.45) is 0. The first-order valence-corrected chi connectivity index (χ1v) is 12.0. The number of esters is 1. The van der Waals surface area contributed by atoms with Gasteiger partial charge in [-0.2, -0.15) is 0 Å². The average molecular weight is 583 g/mol. The molecule has 1 aliphatic rings. The summed E-state index contributed by atoms with van der Waals surface area (Å²) in [7, 11) is 1.49. The van der Waals surface area contributed by atoms with E-state index in [0.717, 1.165) is 5.69 Å². The highest BCUT2D eigenvalue weighted by atomic mass is 79.9. The fourth-order valence-corrected chi connectivity index (χ4v) is 5.03. The third-order valence-corrected chi connectivity index (χ3v) is 6.33. The molecule has 8 nitrogen and oxygen atoms in total. The smallest absolute Gasteiger partial charge is 0.338 e. The lowest BCUT2D eigenvalue weighted by Crippen LogP contribution is -2.48. The van der Waals surface area contributed by atoms with Crippen molar-refractivity contribution in [1.29, 1.82) is 0 Å². The van der Waals surface area contributed by atoms with Gasteiger partial charge in [-0.1, -0.05) is 15.9 Å². The van der Waals surface area contributed by atoms with Crippen molar-refractivity contribution in [2.45, 2.75) is 13.8 Å². The van der Waals surface area contributed by atoms with Gasteiger partial charge in [-0.05, 0) is 53.2 Å². The lowest BCUT2D eigenvalue weighted by molar-refractivity contribution is -0.129. The standard InChI is InChI=1S/C23H25Br2N3O5/c1-4-33-23(31)15-5-6-20(28-9-7-27(8-10-28)14(2)29)19(11-15)26-22(30)17-12-16(24)13-18(25)21(17)32-3/h5-6,11-13H,4,7-10H2,1-3H3,(H,26,30). The summed E-state index contributed by atoms with van der Waals surface area (Å²) in [5.74, 6) is -0.427. The minimum absolute atomic E-state index is 0.0353. The zero-order valence-electron chi connectivity index (χ0n) is 18.6. The van der Waals surface area contributed by atoms with Crippen LogP contribution in [0.2, 0.25) is 0 Å². The molecule has 176 valence electrons. The Hall–Kier alpha value is -2.59. The molecule has 2 amide bonds. The third-order valence-electron chi connectivity index (χ3n) is 5.28. The maximum atomic E-state index is 13.3. The van der Waals surface area contributed by atoms with Crippen LogP contribution in [0.15, 0.2) is 39.3 Å². The van der Waals surface area contributed by atoms with E-state index in [1.54, 1.807) is 49.1 Å². The Kier molecular flexibility index (Phi) is 8.36. The number of nitrogens with zero attached hydrogens (tertiary/aromatic N) is 2. The van der Waals surface area contributed by atoms with Crippen LogP contribution < -0.4 is 15.0 Å². The van der Waals surface area contributed by atoms with E-state index in [4.69, 9.17) is 9.47 Å². The van der Waals surface area contributed by atoms with Gasteiger partial charge in [0.15, 0.2) is 0 Å². The summed E-state index contributed by atoms with van der Waals surface area (Å²) in [6.45, 7) is 5.90. The van der Waals surface area contributed by atoms with Crippen LogP contribution in [0.3, 0.4) is 0 Å². The summed E-state index contributed by atoms with van der Waals surface area (Å²) >= 11 is 6.82. The minimum atomic E-state index is -0.469. The number of piperazine rings is 1. The second kappa shape index (κ2) is 11.0. The predicted molar refractivity (Wildman–Crippen MR) is 133 cm³/mol. The van der Waals surface area contributed by atoms with Gasteiger partial charge in [-0.3, -0.25) is 9.59 Å². The van der Waals surface area contributed by atoms with E-state index in [1.165, 1.54) is 7.11 Å². The number of halogens is 2. The van der Waals surface area contributed by atoms with Gasteiger partial charge in [0.1, 0.15) is 5.75 Å². The topological polar surface area (TPSA) is 88.2 Å². The number of benzene rings is 2. The van der Waals surface area contributed by atoms with Crippen LogP contribution in [0.25, 0.3) is 0 Å². The van der Waals surface area contributed by atoms with Crippen molar-refractivity contribution in [3.05, 3.63) is 50.4 Å². The van der Waals surface area contributed by atoms with Crippen LogP contribution in [-0.4, -0.2) is 62.6 Å². The molecule has 1 N–H and O–H groups in total. The van der Waals surface area contributed by atoms with E-state index in [2.05, 4.69) is 42.1 Å². The van der Waals surface area contributed by atoms with Gasteiger partial charge in [0.25, 0.3) is 5.91 Å². The molecule has 2 aromatic rings. The molecular formula is C23H25Br2N3O5. The zero-order chi connectivity index (χ0) is 24.1. The molecule has 1 fully saturated rings. The van der Waals surface area contributed by atoms with Crippen LogP contribution in [0, 0.1) is 0 Å². The summed E-state index contributed by atoms with van der Waals surface area (Å²) in [6, 6.07) is 8.54. The summed E-state index contributed by atoms with van der Waals surface area (Å²) < 4.78 is 11.9. The Morgan fingerprint density at radius 1 is 1.06 bits per heavy atom. The fraction of sp³-hybridized carbons (Fsp3) is 0.348. The predicted octanol–water partition coefficient (Wildman–Crippen LogP) is 4.32. The van der Waals surface area contributed by atoms with Crippen molar-refractivity contribution in [3.63, 3.8) is 0 Å². The van der Waals surface area contributed by atoms with Crippen LogP contribution in [0.5, 0.6) is 5.75 Å². The number of nitrogens with one attached hydrogen (secondary N) is 1. The van der Waals surface area contributed by atoms with E-state index < -0.39 is 11.9 Å². The van der Waals surface area contributed by atoms with E-state index in [1.807, 2.05) is 0 Å². The van der Waals surface area contributed by atoms with Gasteiger partial charge in [0.05, 0.1) is 40.7 Å². The Morgan fingerprint density at radius 3 is 2.36 bits per heavy atom. The van der Waals surface area contributed by atoms with E-state index in [-0.39, 0.29) is 12.5 Å². The number of amides is 2. The molecule has 1 heterocycles. The lowest BCUT2D eigenvalue weighted by Gasteiger charge is -2.36. The molecule has 0 spiro atoms. The number of hydrogen-bond donors (Lipinski definition) is 1. The zero-order valence-corrected chi connectivity index (χ0v) is 21.8. The first-order valence-electron chi connectivity index (χ1n) is 10.4. The number of ether oxygens (including phenoxy) is 2. The number of carbonyl (C=O) groups excluding carboxylic acids is 3. The van der Waals surface area contributed by atoms with Crippen LogP contribution in [0.4, 0.5) is 11.4 Å². The van der Waals surface area contributed by atoms with Gasteiger partial charge < -0.3 is 24.6 Å². The number of carbonyl (C=O) groups is 3. The monoisotopic (exact) mass is 581 g/mol. The van der Waals surface area contributed by atoms with Crippen molar-refractivity contribution in [1.82, 2.24) is 4.90 Å². The maximum absolute atomic E-state index is 13.3. The highest BCUT2D eigenvalue weighted by molar-refractivity contribution is 9.11. The van der Waals surface area contributed by atoms with Crippen molar-refractivity contribution in [3.8, 4) is 5.75 Å². The molecule has 1 aliphatic heterocycles. The number of methoxy groups -OCH3 is 1. The van der Waals surface area contributed by atoms with Crippen LogP contribution >= 0.6 is 31.9 Å². The molecule has 0 aliphatic carbocycles. The second-order valence-corrected chi connectivity index (χ2v) is 9.14. The molecule has 3 rings (SSSR count). The van der Waals surface area contributed by atoms with Gasteiger partial charge in [0, 0.05) is 37.6 Å². The molecule has 33 heavy (non-hydrogen) atoms. The number of hydrogen-bond acceptors (Lipinski definition) is 6. The molecule has 0 bridgehead atoms. The first-order chi connectivity index (χ1) is 15.7. The molecule has 0 saturated carbocycles. The third kappa shape index (κ3) is 5.86. The molecule has 1 saturated heterocycles. The molecule has 0 unspecified atom stereocenters. The largest absolute Gasteiger partial charge is 0.495 e. The number of rotatable bonds is 6. The highest BCUT2D eigenvalue weighted by Crippen LogP contribution is 2.35. The summed E-state index contributed by atoms with van der Waals surface area (Å²) in [4.78, 5) is 41.1. The highest BCUT2D eigenvalue weighted by Gasteiger charge is 2.24. The molecule has 10 heteroatoms. The molecule has 0 radical (unpaired) electrons. The van der Waals surface area contributed by atoms with Crippen molar-refractivity contribution >= 4 is 61.0 Å². The van der Waals surface area contributed by atoms with Gasteiger partial charge in [0.2, 0.25) is 5.91 Å². The van der Waals surface area contributed by atoms with Gasteiger partial charge in [-0.25, -0.2) is 4.79 Å². The first kappa shape index (κ1) is 25.0. The Balaban J connectivity index is 1.96. The summed E-state index contributed by atoms with van der Waals surface area (Å²) in [5, 5.41) is 2.93. The van der Waals surface area contributed by atoms with E-state index >= 15 is 0 Å². The SMILES string of the molecule is CCOC(=O)c1ccc(N2CCN(C(C)=O)CC2)c(NC(=O)c2cc(Br)cc(Br)c2OC)c1. The van der Waals surface area contributed by atoms with Crippen molar-refractivity contribution < 1.29 is 23.9 Å². The quantitative estimate of drug-likeness (QED) is 0.511. The van der Waals surface area contributed by atoms with E-state index in [0.29, 0.717) is 57.7 Å². The van der Waals surface area contributed by atoms with Crippen LogP contribution in [-0.2, 0) is 9.53 Å². The van der Waals surface area contributed by atoms with Gasteiger partial charge in [-0.15, -0.1) is 0 Å². The maximum Gasteiger partial charge on any atom is 0.338 e. The fourth-order valence-electron chi connectivity index (χ4n) is 3.64.